The first kappa shape index (κ1) is 12.5. The Balaban J connectivity index is 2.56. The molecule has 1 saturated heterocycles. The maximum absolute atomic E-state index is 11.8. The first-order valence-corrected chi connectivity index (χ1v) is 5.48. The van der Waals surface area contributed by atoms with Crippen molar-refractivity contribution in [2.75, 3.05) is 19.7 Å². The minimum Gasteiger partial charge on any atom is -0.460 e. The highest BCUT2D eigenvalue weighted by Gasteiger charge is 2.33. The van der Waals surface area contributed by atoms with E-state index in [0.29, 0.717) is 6.54 Å². The average Bonchev–Trinajstić information content (AvgIpc) is 2.15. The minimum absolute atomic E-state index is 0.00593. The van der Waals surface area contributed by atoms with Gasteiger partial charge >= 0.3 is 5.97 Å². The number of piperidine rings is 1. The molecule has 1 heterocycles. The lowest BCUT2D eigenvalue weighted by Gasteiger charge is -2.31. The monoisotopic (exact) mass is 215 g/mol. The first-order chi connectivity index (χ1) is 6.94. The third-order valence-corrected chi connectivity index (χ3v) is 2.55. The van der Waals surface area contributed by atoms with Crippen molar-refractivity contribution in [3.05, 3.63) is 0 Å². The Morgan fingerprint density at radius 3 is 2.73 bits per heavy atom. The molecule has 4 heteroatoms. The van der Waals surface area contributed by atoms with Gasteiger partial charge in [0, 0.05) is 19.1 Å². The van der Waals surface area contributed by atoms with Crippen LogP contribution in [0.15, 0.2) is 0 Å². The minimum atomic E-state index is -0.442. The van der Waals surface area contributed by atoms with Gasteiger partial charge in [0.2, 0.25) is 0 Å². The van der Waals surface area contributed by atoms with Crippen molar-refractivity contribution in [2.45, 2.75) is 32.8 Å². The lowest BCUT2D eigenvalue weighted by molar-refractivity contribution is -0.163. The zero-order valence-electron chi connectivity index (χ0n) is 9.75. The van der Waals surface area contributed by atoms with Gasteiger partial charge in [0.25, 0.3) is 0 Å². The van der Waals surface area contributed by atoms with Crippen molar-refractivity contribution >= 4 is 5.97 Å². The second-order valence-corrected chi connectivity index (χ2v) is 5.08. The van der Waals surface area contributed by atoms with E-state index in [0.717, 1.165) is 13.0 Å². The number of aliphatic hydroxyl groups is 1. The molecule has 15 heavy (non-hydrogen) atoms. The standard InChI is InChI=1S/C11H21NO3/c1-11(2,3)15-10(14)9-4-5-12-6-8(9)7-13/h8-9,12-13H,4-7H2,1-3H3/t8-,9+/m0/s1. The Bertz CT molecular complexity index is 222. The van der Waals surface area contributed by atoms with Crippen LogP contribution < -0.4 is 5.32 Å². The van der Waals surface area contributed by atoms with Gasteiger partial charge in [-0.1, -0.05) is 0 Å². The molecule has 0 bridgehead atoms. The van der Waals surface area contributed by atoms with E-state index in [-0.39, 0.29) is 24.4 Å². The van der Waals surface area contributed by atoms with E-state index in [2.05, 4.69) is 5.32 Å². The van der Waals surface area contributed by atoms with E-state index in [1.165, 1.54) is 0 Å². The van der Waals surface area contributed by atoms with Crippen molar-refractivity contribution in [2.24, 2.45) is 11.8 Å². The Morgan fingerprint density at radius 2 is 2.20 bits per heavy atom. The molecule has 1 fully saturated rings. The fourth-order valence-electron chi connectivity index (χ4n) is 1.80. The number of carbonyl (C=O) groups excluding carboxylic acids is 1. The molecule has 0 saturated carbocycles. The van der Waals surface area contributed by atoms with E-state index >= 15 is 0 Å². The van der Waals surface area contributed by atoms with E-state index in [4.69, 9.17) is 9.84 Å². The highest BCUT2D eigenvalue weighted by Crippen LogP contribution is 2.22. The van der Waals surface area contributed by atoms with Crippen molar-refractivity contribution in [3.63, 3.8) is 0 Å². The molecular formula is C11H21NO3. The van der Waals surface area contributed by atoms with Crippen LogP contribution in [0.2, 0.25) is 0 Å². The molecule has 4 nitrogen and oxygen atoms in total. The summed E-state index contributed by atoms with van der Waals surface area (Å²) >= 11 is 0. The second kappa shape index (κ2) is 4.94. The van der Waals surface area contributed by atoms with Crippen LogP contribution in [0.3, 0.4) is 0 Å². The topological polar surface area (TPSA) is 58.6 Å². The highest BCUT2D eigenvalue weighted by molar-refractivity contribution is 5.73. The van der Waals surface area contributed by atoms with Gasteiger partial charge in [-0.3, -0.25) is 4.79 Å². The molecule has 2 N–H and O–H groups in total. The van der Waals surface area contributed by atoms with Crippen molar-refractivity contribution < 1.29 is 14.6 Å². The van der Waals surface area contributed by atoms with Crippen molar-refractivity contribution in [1.82, 2.24) is 5.32 Å². The fraction of sp³-hybridized carbons (Fsp3) is 0.909. The van der Waals surface area contributed by atoms with Gasteiger partial charge in [-0.05, 0) is 33.7 Å². The highest BCUT2D eigenvalue weighted by atomic mass is 16.6. The summed E-state index contributed by atoms with van der Waals surface area (Å²) in [5.41, 5.74) is -0.442. The molecule has 0 unspecified atom stereocenters. The normalized spacial score (nSPS) is 27.5. The summed E-state index contributed by atoms with van der Waals surface area (Å²) in [7, 11) is 0. The maximum Gasteiger partial charge on any atom is 0.309 e. The summed E-state index contributed by atoms with van der Waals surface area (Å²) in [6.45, 7) is 7.14. The number of hydrogen-bond donors (Lipinski definition) is 2. The molecule has 0 radical (unpaired) electrons. The largest absolute Gasteiger partial charge is 0.460 e. The van der Waals surface area contributed by atoms with Gasteiger partial charge in [0.05, 0.1) is 5.92 Å². The van der Waals surface area contributed by atoms with E-state index in [9.17, 15) is 4.79 Å². The van der Waals surface area contributed by atoms with Crippen molar-refractivity contribution in [3.8, 4) is 0 Å². The zero-order valence-corrected chi connectivity index (χ0v) is 9.75. The molecule has 0 aromatic rings. The summed E-state index contributed by atoms with van der Waals surface area (Å²) in [5.74, 6) is -0.341. The van der Waals surface area contributed by atoms with Gasteiger partial charge in [0.15, 0.2) is 0 Å². The molecule has 1 aliphatic heterocycles. The summed E-state index contributed by atoms with van der Waals surface area (Å²) in [6.07, 6.45) is 0.750. The van der Waals surface area contributed by atoms with Crippen LogP contribution in [0.25, 0.3) is 0 Å². The molecule has 88 valence electrons. The van der Waals surface area contributed by atoms with Crippen LogP contribution in [0.1, 0.15) is 27.2 Å². The molecule has 0 spiro atoms. The number of esters is 1. The molecule has 2 atom stereocenters. The summed E-state index contributed by atoms with van der Waals surface area (Å²) < 4.78 is 5.33. The van der Waals surface area contributed by atoms with Crippen LogP contribution in [-0.2, 0) is 9.53 Å². The van der Waals surface area contributed by atoms with E-state index in [1.807, 2.05) is 20.8 Å². The Morgan fingerprint density at radius 1 is 1.53 bits per heavy atom. The van der Waals surface area contributed by atoms with Gasteiger partial charge in [-0.25, -0.2) is 0 Å². The molecule has 0 aromatic carbocycles. The van der Waals surface area contributed by atoms with Crippen LogP contribution in [0, 0.1) is 11.8 Å². The zero-order chi connectivity index (χ0) is 11.5. The fourth-order valence-corrected chi connectivity index (χ4v) is 1.80. The summed E-state index contributed by atoms with van der Waals surface area (Å²) in [4.78, 5) is 11.8. The van der Waals surface area contributed by atoms with Crippen LogP contribution in [0.4, 0.5) is 0 Å². The maximum atomic E-state index is 11.8. The second-order valence-electron chi connectivity index (χ2n) is 5.08. The summed E-state index contributed by atoms with van der Waals surface area (Å²) in [6, 6.07) is 0. The van der Waals surface area contributed by atoms with Crippen molar-refractivity contribution in [1.29, 1.82) is 0 Å². The van der Waals surface area contributed by atoms with Crippen LogP contribution >= 0.6 is 0 Å². The summed E-state index contributed by atoms with van der Waals surface area (Å²) in [5, 5.41) is 12.3. The van der Waals surface area contributed by atoms with Crippen LogP contribution in [-0.4, -0.2) is 36.4 Å². The first-order valence-electron chi connectivity index (χ1n) is 5.48. The average molecular weight is 215 g/mol. The molecular weight excluding hydrogens is 194 g/mol. The number of carbonyl (C=O) groups is 1. The predicted octanol–water partition coefficient (Wildman–Crippen LogP) is 0.546. The number of rotatable bonds is 2. The number of ether oxygens (including phenoxy) is 1. The van der Waals surface area contributed by atoms with E-state index in [1.54, 1.807) is 0 Å². The lowest BCUT2D eigenvalue weighted by atomic mass is 9.87. The molecule has 0 aliphatic carbocycles. The number of aliphatic hydroxyl groups excluding tert-OH is 1. The lowest BCUT2D eigenvalue weighted by Crippen LogP contribution is -2.44. The Labute approximate surface area is 91.0 Å². The van der Waals surface area contributed by atoms with Crippen LogP contribution in [0.5, 0.6) is 0 Å². The molecule has 0 amide bonds. The molecule has 1 rings (SSSR count). The SMILES string of the molecule is CC(C)(C)OC(=O)[C@@H]1CCNC[C@H]1CO. The number of nitrogens with one attached hydrogen (secondary N) is 1. The smallest absolute Gasteiger partial charge is 0.309 e. The molecule has 1 aliphatic rings. The Kier molecular flexibility index (Phi) is 4.11. The predicted molar refractivity (Wildman–Crippen MR) is 57.4 cm³/mol. The number of hydrogen-bond acceptors (Lipinski definition) is 4. The van der Waals surface area contributed by atoms with Gasteiger partial charge in [-0.15, -0.1) is 0 Å². The third kappa shape index (κ3) is 3.80. The van der Waals surface area contributed by atoms with Gasteiger partial charge < -0.3 is 15.2 Å². The van der Waals surface area contributed by atoms with E-state index < -0.39 is 5.60 Å². The molecule has 0 aromatic heterocycles. The quantitative estimate of drug-likeness (QED) is 0.660. The van der Waals surface area contributed by atoms with Gasteiger partial charge in [0.1, 0.15) is 5.60 Å². The third-order valence-electron chi connectivity index (χ3n) is 2.55. The Hall–Kier alpha value is -0.610. The van der Waals surface area contributed by atoms with Gasteiger partial charge in [-0.2, -0.15) is 0 Å².